The lowest BCUT2D eigenvalue weighted by Crippen LogP contribution is -2.26. The molecule has 2 heteroatoms. The van der Waals surface area contributed by atoms with Crippen molar-refractivity contribution >= 4 is 0 Å². The van der Waals surface area contributed by atoms with E-state index in [1.54, 1.807) is 6.26 Å². The van der Waals surface area contributed by atoms with Crippen molar-refractivity contribution < 1.29 is 4.42 Å². The van der Waals surface area contributed by atoms with Crippen LogP contribution in [0.4, 0.5) is 0 Å². The van der Waals surface area contributed by atoms with Crippen molar-refractivity contribution in [3.63, 3.8) is 0 Å². The molecule has 0 spiro atoms. The van der Waals surface area contributed by atoms with Gasteiger partial charge in [0, 0.05) is 12.6 Å². The number of rotatable bonds is 2. The molecule has 0 bridgehead atoms. The second kappa shape index (κ2) is 3.54. The van der Waals surface area contributed by atoms with E-state index in [1.165, 1.54) is 13.0 Å². The van der Waals surface area contributed by atoms with Gasteiger partial charge in [-0.15, -0.1) is 0 Å². The van der Waals surface area contributed by atoms with Gasteiger partial charge in [-0.05, 0) is 31.4 Å². The molecule has 1 fully saturated rings. The molecular weight excluding hydrogens is 162 g/mol. The van der Waals surface area contributed by atoms with Gasteiger partial charge in [0.15, 0.2) is 0 Å². The van der Waals surface area contributed by atoms with Crippen LogP contribution in [-0.2, 0) is 6.54 Å². The summed E-state index contributed by atoms with van der Waals surface area (Å²) in [5.41, 5.74) is 0. The summed E-state index contributed by atoms with van der Waals surface area (Å²) in [6, 6.07) is 4.72. The van der Waals surface area contributed by atoms with E-state index in [0.29, 0.717) is 6.04 Å². The number of furan rings is 1. The first kappa shape index (κ1) is 8.82. The first-order valence-electron chi connectivity index (χ1n) is 5.02. The Balaban J connectivity index is 1.95. The first-order valence-corrected chi connectivity index (χ1v) is 5.02. The maximum atomic E-state index is 5.34. The minimum atomic E-state index is 0.708. The lowest BCUT2D eigenvalue weighted by atomic mass is 10.1. The molecule has 1 aromatic rings. The van der Waals surface area contributed by atoms with E-state index in [-0.39, 0.29) is 0 Å². The highest BCUT2D eigenvalue weighted by Crippen LogP contribution is 2.24. The summed E-state index contributed by atoms with van der Waals surface area (Å²) in [5, 5.41) is 0. The van der Waals surface area contributed by atoms with Gasteiger partial charge in [-0.2, -0.15) is 0 Å². The minimum Gasteiger partial charge on any atom is -0.468 e. The number of nitrogens with zero attached hydrogens (tertiary/aromatic N) is 1. The Morgan fingerprint density at radius 3 is 2.92 bits per heavy atom. The summed E-state index contributed by atoms with van der Waals surface area (Å²) >= 11 is 0. The Hall–Kier alpha value is -0.760. The van der Waals surface area contributed by atoms with Gasteiger partial charge in [0.1, 0.15) is 5.76 Å². The molecule has 0 aromatic carbocycles. The van der Waals surface area contributed by atoms with Crippen LogP contribution in [0.25, 0.3) is 0 Å². The van der Waals surface area contributed by atoms with Gasteiger partial charge in [0.05, 0.1) is 12.8 Å². The molecule has 1 aliphatic heterocycles. The predicted octanol–water partition coefficient (Wildman–Crippen LogP) is 2.51. The van der Waals surface area contributed by atoms with E-state index in [9.17, 15) is 0 Å². The van der Waals surface area contributed by atoms with Crippen LogP contribution < -0.4 is 0 Å². The average Bonchev–Trinajstić information content (AvgIpc) is 2.63. The Morgan fingerprint density at radius 2 is 2.38 bits per heavy atom. The van der Waals surface area contributed by atoms with Crippen LogP contribution in [0.15, 0.2) is 22.8 Å². The zero-order valence-electron chi connectivity index (χ0n) is 8.36. The van der Waals surface area contributed by atoms with E-state index in [1.807, 2.05) is 6.07 Å². The van der Waals surface area contributed by atoms with Gasteiger partial charge >= 0.3 is 0 Å². The predicted molar refractivity (Wildman–Crippen MR) is 52.4 cm³/mol. The van der Waals surface area contributed by atoms with Gasteiger partial charge in [-0.1, -0.05) is 6.92 Å². The lowest BCUT2D eigenvalue weighted by molar-refractivity contribution is 0.235. The van der Waals surface area contributed by atoms with Crippen LogP contribution in [0.5, 0.6) is 0 Å². The molecular formula is C11H17NO. The smallest absolute Gasteiger partial charge is 0.117 e. The SMILES string of the molecule is CC1CC(C)N(Cc2ccco2)C1. The minimum absolute atomic E-state index is 0.708. The number of hydrogen-bond donors (Lipinski definition) is 0. The van der Waals surface area contributed by atoms with E-state index in [0.717, 1.165) is 18.2 Å². The van der Waals surface area contributed by atoms with Crippen molar-refractivity contribution in [3.05, 3.63) is 24.2 Å². The summed E-state index contributed by atoms with van der Waals surface area (Å²) in [6.45, 7) is 6.80. The molecule has 1 aliphatic rings. The molecule has 2 unspecified atom stereocenters. The highest BCUT2D eigenvalue weighted by Gasteiger charge is 2.26. The molecule has 0 N–H and O–H groups in total. The normalized spacial score (nSPS) is 29.7. The number of hydrogen-bond acceptors (Lipinski definition) is 2. The Bertz CT molecular complexity index is 255. The highest BCUT2D eigenvalue weighted by molar-refractivity contribution is 4.99. The second-order valence-electron chi connectivity index (χ2n) is 4.20. The average molecular weight is 179 g/mol. The third-order valence-corrected chi connectivity index (χ3v) is 2.85. The molecule has 2 atom stereocenters. The van der Waals surface area contributed by atoms with Crippen molar-refractivity contribution in [1.29, 1.82) is 0 Å². The van der Waals surface area contributed by atoms with E-state index < -0.39 is 0 Å². The monoisotopic (exact) mass is 179 g/mol. The zero-order chi connectivity index (χ0) is 9.26. The number of likely N-dealkylation sites (tertiary alicyclic amines) is 1. The first-order chi connectivity index (χ1) is 6.25. The highest BCUT2D eigenvalue weighted by atomic mass is 16.3. The maximum Gasteiger partial charge on any atom is 0.117 e. The van der Waals surface area contributed by atoms with Crippen LogP contribution in [0.3, 0.4) is 0 Å². The molecule has 2 rings (SSSR count). The van der Waals surface area contributed by atoms with E-state index >= 15 is 0 Å². The Morgan fingerprint density at radius 1 is 1.54 bits per heavy atom. The van der Waals surface area contributed by atoms with Gasteiger partial charge < -0.3 is 4.42 Å². The fraction of sp³-hybridized carbons (Fsp3) is 0.636. The topological polar surface area (TPSA) is 16.4 Å². The molecule has 2 heterocycles. The summed E-state index contributed by atoms with van der Waals surface area (Å²) in [5.74, 6) is 1.92. The molecule has 0 saturated carbocycles. The summed E-state index contributed by atoms with van der Waals surface area (Å²) in [6.07, 6.45) is 3.07. The van der Waals surface area contributed by atoms with Crippen LogP contribution in [0, 0.1) is 5.92 Å². The van der Waals surface area contributed by atoms with Crippen molar-refractivity contribution in [1.82, 2.24) is 4.90 Å². The molecule has 2 nitrogen and oxygen atoms in total. The molecule has 72 valence electrons. The summed E-state index contributed by atoms with van der Waals surface area (Å²) in [4.78, 5) is 2.49. The molecule has 0 aliphatic carbocycles. The fourth-order valence-corrected chi connectivity index (χ4v) is 2.21. The van der Waals surface area contributed by atoms with Crippen molar-refractivity contribution in [2.24, 2.45) is 5.92 Å². The van der Waals surface area contributed by atoms with Crippen LogP contribution in [0.1, 0.15) is 26.0 Å². The fourth-order valence-electron chi connectivity index (χ4n) is 2.21. The zero-order valence-corrected chi connectivity index (χ0v) is 8.36. The molecule has 1 aromatic heterocycles. The van der Waals surface area contributed by atoms with Crippen LogP contribution in [-0.4, -0.2) is 17.5 Å². The van der Waals surface area contributed by atoms with Gasteiger partial charge in [0.2, 0.25) is 0 Å². The van der Waals surface area contributed by atoms with E-state index in [4.69, 9.17) is 4.42 Å². The Kier molecular flexibility index (Phi) is 2.40. The summed E-state index contributed by atoms with van der Waals surface area (Å²) < 4.78 is 5.34. The molecule has 0 radical (unpaired) electrons. The van der Waals surface area contributed by atoms with Crippen molar-refractivity contribution in [3.8, 4) is 0 Å². The largest absolute Gasteiger partial charge is 0.468 e. The molecule has 0 amide bonds. The van der Waals surface area contributed by atoms with Crippen molar-refractivity contribution in [2.75, 3.05) is 6.54 Å². The maximum absolute atomic E-state index is 5.34. The van der Waals surface area contributed by atoms with Crippen molar-refractivity contribution in [2.45, 2.75) is 32.9 Å². The van der Waals surface area contributed by atoms with Crippen LogP contribution >= 0.6 is 0 Å². The standard InChI is InChI=1S/C11H17NO/c1-9-6-10(2)12(7-9)8-11-4-3-5-13-11/h3-5,9-10H,6-8H2,1-2H3. The van der Waals surface area contributed by atoms with Crippen LogP contribution in [0.2, 0.25) is 0 Å². The third kappa shape index (κ3) is 1.94. The second-order valence-corrected chi connectivity index (χ2v) is 4.20. The molecule has 13 heavy (non-hydrogen) atoms. The molecule has 1 saturated heterocycles. The lowest BCUT2D eigenvalue weighted by Gasteiger charge is -2.19. The third-order valence-electron chi connectivity index (χ3n) is 2.85. The van der Waals surface area contributed by atoms with Gasteiger partial charge in [0.25, 0.3) is 0 Å². The Labute approximate surface area is 79.5 Å². The van der Waals surface area contributed by atoms with Gasteiger partial charge in [-0.3, -0.25) is 4.90 Å². The summed E-state index contributed by atoms with van der Waals surface area (Å²) in [7, 11) is 0. The van der Waals surface area contributed by atoms with E-state index in [2.05, 4.69) is 24.8 Å². The quantitative estimate of drug-likeness (QED) is 0.693. The van der Waals surface area contributed by atoms with Gasteiger partial charge in [-0.25, -0.2) is 0 Å².